The number of rotatable bonds is 5. The van der Waals surface area contributed by atoms with Crippen LogP contribution >= 0.6 is 23.5 Å². The number of thioether (sulfide) groups is 2. The molecule has 2 aromatic carbocycles. The molecule has 0 radical (unpaired) electrons. The molecule has 0 spiro atoms. The molecule has 3 aliphatic heterocycles. The van der Waals surface area contributed by atoms with Crippen molar-refractivity contribution >= 4 is 57.8 Å². The summed E-state index contributed by atoms with van der Waals surface area (Å²) in [7, 11) is 4.80. The van der Waals surface area contributed by atoms with Gasteiger partial charge in [-0.15, -0.1) is 0 Å². The van der Waals surface area contributed by atoms with Gasteiger partial charge in [0.15, 0.2) is 21.8 Å². The maximum atomic E-state index is 12.6. The highest BCUT2D eigenvalue weighted by atomic mass is 32.2. The fraction of sp³-hybridized carbons (Fsp3) is 0.286. The van der Waals surface area contributed by atoms with E-state index in [1.807, 2.05) is 55.5 Å². The molecule has 5 rings (SSSR count). The molecule has 1 fully saturated rings. The van der Waals surface area contributed by atoms with E-state index in [4.69, 9.17) is 14.2 Å². The van der Waals surface area contributed by atoms with E-state index >= 15 is 0 Å². The molecule has 0 saturated carbocycles. The predicted octanol–water partition coefficient (Wildman–Crippen LogP) is 4.28. The summed E-state index contributed by atoms with van der Waals surface area (Å²) in [6, 6.07) is 11.3. The minimum Gasteiger partial charge on any atom is -0.496 e. The summed E-state index contributed by atoms with van der Waals surface area (Å²) < 4.78 is 16.0. The average Bonchev–Trinajstić information content (AvgIpc) is 3.50. The molecule has 0 N–H and O–H groups in total. The van der Waals surface area contributed by atoms with Gasteiger partial charge in [-0.3, -0.25) is 9.59 Å². The summed E-state index contributed by atoms with van der Waals surface area (Å²) in [6.45, 7) is 4.68. The van der Waals surface area contributed by atoms with Crippen molar-refractivity contribution in [3.05, 3.63) is 62.9 Å². The second kappa shape index (κ2) is 11.6. The number of carbonyl (C=O) groups is 2. The van der Waals surface area contributed by atoms with Crippen LogP contribution in [0.15, 0.2) is 56.2 Å². The van der Waals surface area contributed by atoms with E-state index in [0.29, 0.717) is 57.8 Å². The molecule has 3 heterocycles. The molecule has 0 unspecified atom stereocenters. The molecule has 39 heavy (non-hydrogen) atoms. The van der Waals surface area contributed by atoms with Crippen molar-refractivity contribution in [1.82, 2.24) is 9.80 Å². The molecule has 3 aliphatic rings. The number of amidine groups is 2. The first-order valence-electron chi connectivity index (χ1n) is 12.3. The van der Waals surface area contributed by atoms with Crippen LogP contribution in [0.5, 0.6) is 17.2 Å². The number of nitrogens with zero attached hydrogens (tertiary/aromatic N) is 4. The fourth-order valence-corrected chi connectivity index (χ4v) is 6.32. The molecule has 2 aromatic rings. The molecule has 202 valence electrons. The summed E-state index contributed by atoms with van der Waals surface area (Å²) in [5.41, 5.74) is 2.77. The zero-order valence-corrected chi connectivity index (χ0v) is 23.7. The number of carbonyl (C=O) groups excluding carboxylic acids is 2. The smallest absolute Gasteiger partial charge is 0.286 e. The van der Waals surface area contributed by atoms with E-state index in [1.54, 1.807) is 21.3 Å². The van der Waals surface area contributed by atoms with Gasteiger partial charge in [0.2, 0.25) is 0 Å². The van der Waals surface area contributed by atoms with Gasteiger partial charge in [-0.25, -0.2) is 0 Å². The Kier molecular flexibility index (Phi) is 7.99. The number of benzene rings is 2. The van der Waals surface area contributed by atoms with Gasteiger partial charge in [0.25, 0.3) is 11.8 Å². The zero-order valence-electron chi connectivity index (χ0n) is 22.1. The lowest BCUT2D eigenvalue weighted by atomic mass is 10.1. The Balaban J connectivity index is 1.19. The van der Waals surface area contributed by atoms with Crippen LogP contribution in [0.4, 0.5) is 0 Å². The van der Waals surface area contributed by atoms with E-state index in [2.05, 4.69) is 19.8 Å². The number of amides is 2. The summed E-state index contributed by atoms with van der Waals surface area (Å²) in [5.74, 6) is 1.56. The summed E-state index contributed by atoms with van der Waals surface area (Å²) >= 11 is 2.77. The number of hydrogen-bond donors (Lipinski definition) is 0. The Morgan fingerprint density at radius 3 is 1.62 bits per heavy atom. The Morgan fingerprint density at radius 2 is 1.15 bits per heavy atom. The van der Waals surface area contributed by atoms with Gasteiger partial charge >= 0.3 is 0 Å². The maximum absolute atomic E-state index is 12.6. The van der Waals surface area contributed by atoms with E-state index < -0.39 is 0 Å². The fourth-order valence-electron chi connectivity index (χ4n) is 4.39. The van der Waals surface area contributed by atoms with Crippen LogP contribution in [0.2, 0.25) is 0 Å². The quantitative estimate of drug-likeness (QED) is 0.494. The van der Waals surface area contributed by atoms with Crippen LogP contribution < -0.4 is 14.2 Å². The van der Waals surface area contributed by atoms with Crippen molar-refractivity contribution in [3.63, 3.8) is 0 Å². The van der Waals surface area contributed by atoms with Gasteiger partial charge in [-0.1, -0.05) is 12.1 Å². The third kappa shape index (κ3) is 5.84. The molecule has 2 amide bonds. The normalized spacial score (nSPS) is 19.6. The van der Waals surface area contributed by atoms with E-state index in [9.17, 15) is 9.59 Å². The van der Waals surface area contributed by atoms with E-state index in [-0.39, 0.29) is 11.8 Å². The lowest BCUT2D eigenvalue weighted by Gasteiger charge is -2.35. The minimum atomic E-state index is -0.253. The van der Waals surface area contributed by atoms with Crippen LogP contribution in [0.25, 0.3) is 12.2 Å². The summed E-state index contributed by atoms with van der Waals surface area (Å²) in [5, 5.41) is 1.40. The van der Waals surface area contributed by atoms with Crippen LogP contribution in [0.3, 0.4) is 0 Å². The summed E-state index contributed by atoms with van der Waals surface area (Å²) in [6.07, 6.45) is 3.68. The molecule has 0 bridgehead atoms. The molecule has 9 nitrogen and oxygen atoms in total. The minimum absolute atomic E-state index is 0.225. The first-order chi connectivity index (χ1) is 18.9. The Bertz CT molecular complexity index is 1440. The maximum Gasteiger partial charge on any atom is 0.286 e. The van der Waals surface area contributed by atoms with Gasteiger partial charge < -0.3 is 24.0 Å². The number of ether oxygens (including phenoxy) is 3. The molecule has 0 aliphatic carbocycles. The van der Waals surface area contributed by atoms with Crippen molar-refractivity contribution in [3.8, 4) is 17.2 Å². The van der Waals surface area contributed by atoms with Gasteiger partial charge in [-0.2, -0.15) is 9.98 Å². The SMILES string of the molecule is COc1ccc(/C=C2\SC(N3CCN(C4=NC(=O)/C(=C/c5ccc(OC)c(OC)c5)S4)CC3)=NC2=O)cc1C. The molecular formula is C28H28N4O5S2. The zero-order chi connectivity index (χ0) is 27.5. The first kappa shape index (κ1) is 26.9. The van der Waals surface area contributed by atoms with Gasteiger partial charge in [-0.05, 0) is 83.6 Å². The topological polar surface area (TPSA) is 93.0 Å². The first-order valence-corrected chi connectivity index (χ1v) is 13.9. The molecule has 0 atom stereocenters. The van der Waals surface area contributed by atoms with Crippen LogP contribution in [0.1, 0.15) is 16.7 Å². The van der Waals surface area contributed by atoms with Gasteiger partial charge in [0, 0.05) is 26.2 Å². The number of methoxy groups -OCH3 is 3. The third-order valence-electron chi connectivity index (χ3n) is 6.46. The molecule has 1 saturated heterocycles. The highest BCUT2D eigenvalue weighted by Gasteiger charge is 2.32. The number of aliphatic imine (C=N–C) groups is 2. The monoisotopic (exact) mass is 564 g/mol. The van der Waals surface area contributed by atoms with E-state index in [1.165, 1.54) is 23.5 Å². The number of hydrogen-bond acceptors (Lipinski definition) is 9. The third-order valence-corrected chi connectivity index (χ3v) is 8.55. The van der Waals surface area contributed by atoms with E-state index in [0.717, 1.165) is 22.4 Å². The molecule has 0 aromatic heterocycles. The lowest BCUT2D eigenvalue weighted by Crippen LogP contribution is -2.49. The van der Waals surface area contributed by atoms with Crippen molar-refractivity contribution in [2.45, 2.75) is 6.92 Å². The highest BCUT2D eigenvalue weighted by Crippen LogP contribution is 2.35. The second-order valence-electron chi connectivity index (χ2n) is 8.94. The van der Waals surface area contributed by atoms with Crippen LogP contribution in [-0.4, -0.2) is 79.5 Å². The molecular weight excluding hydrogens is 536 g/mol. The predicted molar refractivity (Wildman–Crippen MR) is 156 cm³/mol. The average molecular weight is 565 g/mol. The van der Waals surface area contributed by atoms with Gasteiger partial charge in [0.1, 0.15) is 5.75 Å². The van der Waals surface area contributed by atoms with Crippen molar-refractivity contribution < 1.29 is 23.8 Å². The van der Waals surface area contributed by atoms with Crippen LogP contribution in [0, 0.1) is 6.92 Å². The van der Waals surface area contributed by atoms with Crippen molar-refractivity contribution in [2.24, 2.45) is 9.98 Å². The lowest BCUT2D eigenvalue weighted by molar-refractivity contribution is -0.114. The Hall–Kier alpha value is -3.70. The Labute approximate surface area is 235 Å². The van der Waals surface area contributed by atoms with Crippen molar-refractivity contribution in [2.75, 3.05) is 47.5 Å². The van der Waals surface area contributed by atoms with Gasteiger partial charge in [0.05, 0.1) is 31.1 Å². The van der Waals surface area contributed by atoms with Crippen molar-refractivity contribution in [1.29, 1.82) is 0 Å². The summed E-state index contributed by atoms with van der Waals surface area (Å²) in [4.78, 5) is 39.2. The van der Waals surface area contributed by atoms with Crippen LogP contribution in [-0.2, 0) is 9.59 Å². The Morgan fingerprint density at radius 1 is 0.692 bits per heavy atom. The standard InChI is InChI=1S/C28H28N4O5S2/c1-17-13-18(5-7-20(17)35-2)15-23-25(33)29-27(38-23)31-9-11-32(12-10-31)28-30-26(34)24(39-28)16-19-6-8-21(36-3)22(14-19)37-4/h5-8,13-16H,9-12H2,1-4H3/b23-15-,24-16-. The number of piperazine rings is 1. The molecule has 11 heteroatoms. The highest BCUT2D eigenvalue weighted by molar-refractivity contribution is 8.18. The largest absolute Gasteiger partial charge is 0.496 e. The number of aryl methyl sites for hydroxylation is 1. The second-order valence-corrected chi connectivity index (χ2v) is 11.0.